The molecule has 20 heteroatoms. The molecule has 2 aromatic carbocycles. The van der Waals surface area contributed by atoms with Gasteiger partial charge in [-0.2, -0.15) is 0 Å². The SMILES string of the molecule is CCCOCCNCC(=O)NCC(=O)N[C@@H](Cc1ccccc1)C(=O)NCC(=O)NCOCC(=O)N[C@H]1CCc2c(C)c(F)cc3nc4c(c1c23)Cn1c-4cc2c(c1=O)COC(=O)[C@]2(O)CC. The van der Waals surface area contributed by atoms with E-state index in [0.29, 0.717) is 71.6 Å². The smallest absolute Gasteiger partial charge is 0.343 e. The first-order chi connectivity index (χ1) is 32.2. The van der Waals surface area contributed by atoms with Gasteiger partial charge in [-0.3, -0.25) is 28.8 Å². The fourth-order valence-corrected chi connectivity index (χ4v) is 8.70. The van der Waals surface area contributed by atoms with Gasteiger partial charge in [-0.05, 0) is 60.9 Å². The summed E-state index contributed by atoms with van der Waals surface area (Å²) in [6.45, 7) is 4.88. The number of rotatable bonds is 21. The molecule has 0 unspecified atom stereocenters. The Morgan fingerprint density at radius 2 is 1.70 bits per heavy atom. The number of esters is 1. The van der Waals surface area contributed by atoms with Gasteiger partial charge in [0.15, 0.2) is 5.60 Å². The molecule has 4 aromatic rings. The van der Waals surface area contributed by atoms with Crippen LogP contribution in [-0.4, -0.2) is 109 Å². The fraction of sp³-hybridized carbons (Fsp3) is 0.447. The standard InChI is InChI=1S/C47H55FN8O11/c1-4-14-65-15-13-49-19-37(57)50-21-39(59)54-35(16-27-9-7-6-8-10-27)44(61)51-20-38(58)52-25-66-24-40(60)53-33-12-11-28-26(3)32(48)18-34-41(28)42(33)29-22-56-36(43(29)55-34)17-31-30(45(56)62)23-67-46(63)47(31,64)5-2/h6-10,17-18,33,35,49,64H,4-5,11-16,19-25H2,1-3H3,(H,50,57)(H,51,61)(H,52,58)(H,53,60)(H,54,59)/t33-,35-,47-/m0/s1. The summed E-state index contributed by atoms with van der Waals surface area (Å²) in [5, 5.41) is 28.1. The van der Waals surface area contributed by atoms with E-state index >= 15 is 4.39 Å². The summed E-state index contributed by atoms with van der Waals surface area (Å²) >= 11 is 0. The minimum Gasteiger partial charge on any atom is -0.458 e. The summed E-state index contributed by atoms with van der Waals surface area (Å²) in [7, 11) is 0. The van der Waals surface area contributed by atoms with E-state index in [2.05, 4.69) is 31.9 Å². The summed E-state index contributed by atoms with van der Waals surface area (Å²) in [5.74, 6) is -4.13. The van der Waals surface area contributed by atoms with Gasteiger partial charge in [0.1, 0.15) is 31.8 Å². The molecule has 3 atom stereocenters. The number of amides is 5. The van der Waals surface area contributed by atoms with Crippen molar-refractivity contribution in [3.05, 3.63) is 97.6 Å². The lowest BCUT2D eigenvalue weighted by atomic mass is 9.81. The number of halogens is 1. The molecule has 0 fully saturated rings. The lowest BCUT2D eigenvalue weighted by molar-refractivity contribution is -0.172. The van der Waals surface area contributed by atoms with E-state index in [-0.39, 0.29) is 56.9 Å². The Labute approximate surface area is 384 Å². The molecule has 1 aliphatic carbocycles. The minimum absolute atomic E-state index is 0.0214. The number of ether oxygens (including phenoxy) is 3. The molecular weight excluding hydrogens is 872 g/mol. The fourth-order valence-electron chi connectivity index (χ4n) is 8.70. The average molecular weight is 927 g/mol. The third-order valence-corrected chi connectivity index (χ3v) is 12.2. The van der Waals surface area contributed by atoms with Gasteiger partial charge in [-0.15, -0.1) is 0 Å². The molecule has 2 aliphatic heterocycles. The second kappa shape index (κ2) is 21.3. The van der Waals surface area contributed by atoms with E-state index < -0.39 is 77.7 Å². The van der Waals surface area contributed by atoms with Crippen molar-refractivity contribution in [3.63, 3.8) is 0 Å². The molecule has 0 saturated carbocycles. The Bertz CT molecular complexity index is 2640. The Morgan fingerprint density at radius 3 is 2.46 bits per heavy atom. The molecule has 0 radical (unpaired) electrons. The number of nitrogens with zero attached hydrogens (tertiary/aromatic N) is 2. The second-order valence-corrected chi connectivity index (χ2v) is 16.7. The lowest BCUT2D eigenvalue weighted by Gasteiger charge is -2.31. The van der Waals surface area contributed by atoms with E-state index in [1.54, 1.807) is 50.2 Å². The number of benzene rings is 2. The van der Waals surface area contributed by atoms with Crippen LogP contribution in [0.4, 0.5) is 4.39 Å². The zero-order valence-corrected chi connectivity index (χ0v) is 37.6. The molecule has 3 aliphatic rings. The van der Waals surface area contributed by atoms with Crippen molar-refractivity contribution in [3.8, 4) is 11.4 Å². The van der Waals surface area contributed by atoms with Crippen LogP contribution in [-0.2, 0) is 74.6 Å². The van der Waals surface area contributed by atoms with Crippen molar-refractivity contribution >= 4 is 46.4 Å². The van der Waals surface area contributed by atoms with Crippen LogP contribution < -0.4 is 37.5 Å². The number of aryl methyl sites for hydroxylation is 1. The highest BCUT2D eigenvalue weighted by atomic mass is 19.1. The first-order valence-electron chi connectivity index (χ1n) is 22.4. The summed E-state index contributed by atoms with van der Waals surface area (Å²) in [4.78, 5) is 95.9. The van der Waals surface area contributed by atoms with Gasteiger partial charge < -0.3 is 55.8 Å². The van der Waals surface area contributed by atoms with Crippen molar-refractivity contribution in [2.24, 2.45) is 0 Å². The number of fused-ring (bicyclic) bond motifs is 5. The van der Waals surface area contributed by atoms with Crippen molar-refractivity contribution in [1.29, 1.82) is 0 Å². The van der Waals surface area contributed by atoms with Gasteiger partial charge in [0.25, 0.3) is 5.56 Å². The normalized spacial score (nSPS) is 17.1. The first-order valence-corrected chi connectivity index (χ1v) is 22.4. The number of hydrogen-bond donors (Lipinski definition) is 7. The maximum Gasteiger partial charge on any atom is 0.343 e. The maximum atomic E-state index is 15.3. The van der Waals surface area contributed by atoms with Crippen LogP contribution in [0.3, 0.4) is 0 Å². The van der Waals surface area contributed by atoms with E-state index in [4.69, 9.17) is 19.2 Å². The summed E-state index contributed by atoms with van der Waals surface area (Å²) in [6.07, 6.45) is 1.77. The monoisotopic (exact) mass is 926 g/mol. The van der Waals surface area contributed by atoms with E-state index in [9.17, 15) is 38.7 Å². The molecule has 7 rings (SSSR count). The summed E-state index contributed by atoms with van der Waals surface area (Å²) in [6, 6.07) is 10.2. The van der Waals surface area contributed by atoms with Crippen LogP contribution in [0.15, 0.2) is 47.3 Å². The number of nitrogens with one attached hydrogen (secondary N) is 6. The highest BCUT2D eigenvalue weighted by Gasteiger charge is 2.46. The Balaban J connectivity index is 0.942. The molecular formula is C47H55FN8O11. The van der Waals surface area contributed by atoms with Gasteiger partial charge >= 0.3 is 5.97 Å². The van der Waals surface area contributed by atoms with Crippen molar-refractivity contribution < 1.29 is 52.5 Å². The van der Waals surface area contributed by atoms with Gasteiger partial charge in [-0.25, -0.2) is 14.2 Å². The minimum atomic E-state index is -2.04. The van der Waals surface area contributed by atoms with E-state index in [0.717, 1.165) is 17.5 Å². The highest BCUT2D eigenvalue weighted by Crippen LogP contribution is 2.46. The average Bonchev–Trinajstić information content (AvgIpc) is 3.69. The number of carbonyl (C=O) groups is 6. The summed E-state index contributed by atoms with van der Waals surface area (Å²) in [5.41, 5.74) is 2.08. The zero-order chi connectivity index (χ0) is 47.8. The maximum absolute atomic E-state index is 15.3. The Kier molecular flexibility index (Phi) is 15.4. The molecule has 0 saturated heterocycles. The van der Waals surface area contributed by atoms with Crippen molar-refractivity contribution in [1.82, 2.24) is 41.5 Å². The molecule has 67 heavy (non-hydrogen) atoms. The van der Waals surface area contributed by atoms with Crippen molar-refractivity contribution in [2.45, 2.75) is 83.7 Å². The number of hydrogen-bond acceptors (Lipinski definition) is 13. The number of pyridine rings is 2. The first kappa shape index (κ1) is 48.3. The van der Waals surface area contributed by atoms with Gasteiger partial charge in [0.05, 0.1) is 61.3 Å². The van der Waals surface area contributed by atoms with Gasteiger partial charge in [0.2, 0.25) is 29.5 Å². The number of aromatic nitrogens is 2. The largest absolute Gasteiger partial charge is 0.458 e. The molecule has 0 spiro atoms. The van der Waals surface area contributed by atoms with Gasteiger partial charge in [-0.1, -0.05) is 44.2 Å². The third kappa shape index (κ3) is 10.7. The topological polar surface area (TPSA) is 257 Å². The lowest BCUT2D eigenvalue weighted by Crippen LogP contribution is -2.52. The molecule has 2 aromatic heterocycles. The van der Waals surface area contributed by atoms with Gasteiger partial charge in [0, 0.05) is 42.2 Å². The van der Waals surface area contributed by atoms with Crippen LogP contribution in [0.25, 0.3) is 22.3 Å². The Morgan fingerprint density at radius 1 is 0.940 bits per heavy atom. The molecule has 356 valence electrons. The number of cyclic esters (lactones) is 1. The molecule has 0 bridgehead atoms. The molecule has 4 heterocycles. The number of aliphatic hydroxyl groups is 1. The highest BCUT2D eigenvalue weighted by molar-refractivity contribution is 5.95. The number of carbonyl (C=O) groups excluding carboxylic acids is 6. The van der Waals surface area contributed by atoms with Crippen LogP contribution in [0.2, 0.25) is 0 Å². The van der Waals surface area contributed by atoms with Crippen LogP contribution in [0, 0.1) is 12.7 Å². The van der Waals surface area contributed by atoms with Crippen LogP contribution >= 0.6 is 0 Å². The third-order valence-electron chi connectivity index (χ3n) is 12.2. The molecule has 7 N–H and O–H groups in total. The van der Waals surface area contributed by atoms with Crippen molar-refractivity contribution in [2.75, 3.05) is 52.7 Å². The molecule has 5 amide bonds. The predicted octanol–water partition coefficient (Wildman–Crippen LogP) is 0.697. The molecule has 19 nitrogen and oxygen atoms in total. The second-order valence-electron chi connectivity index (χ2n) is 16.7. The van der Waals surface area contributed by atoms with E-state index in [1.165, 1.54) is 10.6 Å². The summed E-state index contributed by atoms with van der Waals surface area (Å²) < 4.78 is 32.9. The van der Waals surface area contributed by atoms with Crippen LogP contribution in [0.5, 0.6) is 0 Å². The van der Waals surface area contributed by atoms with E-state index in [1.807, 2.05) is 6.92 Å². The quantitative estimate of drug-likeness (QED) is 0.0304. The predicted molar refractivity (Wildman–Crippen MR) is 239 cm³/mol. The zero-order valence-electron chi connectivity index (χ0n) is 37.6. The van der Waals surface area contributed by atoms with Crippen LogP contribution in [0.1, 0.15) is 78.1 Å². The Hall–Kier alpha value is -6.61.